The van der Waals surface area contributed by atoms with E-state index in [1.165, 1.54) is 30.3 Å². The standard InChI is InChI=1S/C22H16F5N3O4/c1-2-21(32,22(25,26)27)19-29-30-20(34-19)28-10-12-7-17-15(8-16(12)24)14(9-18(31)33-17)11-3-5-13(23)6-4-11/h3-9,32H,2,10H2,1H3,(H,28,30)/t21-/m0/s1. The Balaban J connectivity index is 1.63. The van der Waals surface area contributed by atoms with Crippen molar-refractivity contribution in [1.29, 1.82) is 0 Å². The molecule has 1 atom stereocenters. The highest BCUT2D eigenvalue weighted by atomic mass is 19.4. The van der Waals surface area contributed by atoms with Gasteiger partial charge in [0.25, 0.3) is 5.89 Å². The third-order valence-electron chi connectivity index (χ3n) is 5.26. The maximum atomic E-state index is 14.8. The van der Waals surface area contributed by atoms with Crippen LogP contribution in [0.3, 0.4) is 0 Å². The largest absolute Gasteiger partial charge is 0.426 e. The van der Waals surface area contributed by atoms with E-state index in [0.29, 0.717) is 11.1 Å². The lowest BCUT2D eigenvalue weighted by Crippen LogP contribution is -2.42. The number of rotatable bonds is 6. The Morgan fingerprint density at radius 3 is 2.38 bits per heavy atom. The van der Waals surface area contributed by atoms with E-state index >= 15 is 0 Å². The monoisotopic (exact) mass is 481 g/mol. The minimum atomic E-state index is -5.05. The average molecular weight is 481 g/mol. The number of hydrogen-bond donors (Lipinski definition) is 2. The van der Waals surface area contributed by atoms with E-state index in [9.17, 15) is 31.9 Å². The zero-order chi connectivity index (χ0) is 24.7. The average Bonchev–Trinajstić information content (AvgIpc) is 3.26. The molecule has 2 aromatic carbocycles. The maximum Gasteiger partial charge on any atom is 0.426 e. The molecular weight excluding hydrogens is 465 g/mol. The molecule has 34 heavy (non-hydrogen) atoms. The molecule has 0 aliphatic heterocycles. The van der Waals surface area contributed by atoms with Crippen molar-refractivity contribution in [2.45, 2.75) is 31.7 Å². The molecule has 2 aromatic heterocycles. The zero-order valence-electron chi connectivity index (χ0n) is 17.4. The molecule has 7 nitrogen and oxygen atoms in total. The van der Waals surface area contributed by atoms with Gasteiger partial charge in [-0.2, -0.15) is 13.2 Å². The Morgan fingerprint density at radius 2 is 1.74 bits per heavy atom. The van der Waals surface area contributed by atoms with Crippen LogP contribution in [0.15, 0.2) is 56.1 Å². The molecule has 0 radical (unpaired) electrons. The number of hydrogen-bond acceptors (Lipinski definition) is 7. The van der Waals surface area contributed by atoms with E-state index in [1.54, 1.807) is 0 Å². The molecule has 0 aliphatic rings. The highest BCUT2D eigenvalue weighted by Gasteiger charge is 2.57. The number of halogens is 5. The highest BCUT2D eigenvalue weighted by Crippen LogP contribution is 2.41. The first-order valence-electron chi connectivity index (χ1n) is 9.91. The minimum absolute atomic E-state index is 0.0202. The number of nitrogens with zero attached hydrogens (tertiary/aromatic N) is 2. The van der Waals surface area contributed by atoms with Gasteiger partial charge in [-0.1, -0.05) is 24.2 Å². The van der Waals surface area contributed by atoms with Gasteiger partial charge in [0, 0.05) is 23.6 Å². The number of nitrogens with one attached hydrogen (secondary N) is 1. The Kier molecular flexibility index (Phi) is 5.86. The van der Waals surface area contributed by atoms with Crippen LogP contribution in [0.1, 0.15) is 24.8 Å². The van der Waals surface area contributed by atoms with Crippen LogP contribution in [0.25, 0.3) is 22.1 Å². The first kappa shape index (κ1) is 23.4. The van der Waals surface area contributed by atoms with Crippen molar-refractivity contribution in [3.05, 3.63) is 76.0 Å². The molecule has 2 heterocycles. The van der Waals surface area contributed by atoms with Crippen LogP contribution >= 0.6 is 0 Å². The van der Waals surface area contributed by atoms with Crippen LogP contribution < -0.4 is 10.9 Å². The van der Waals surface area contributed by atoms with Gasteiger partial charge in [-0.05, 0) is 41.8 Å². The molecule has 0 aliphatic carbocycles. The van der Waals surface area contributed by atoms with Gasteiger partial charge in [0.2, 0.25) is 5.60 Å². The molecule has 12 heteroatoms. The van der Waals surface area contributed by atoms with Gasteiger partial charge in [0.15, 0.2) is 0 Å². The lowest BCUT2D eigenvalue weighted by atomic mass is 10.0. The third kappa shape index (κ3) is 4.23. The first-order valence-corrected chi connectivity index (χ1v) is 9.91. The molecule has 178 valence electrons. The van der Waals surface area contributed by atoms with Crippen molar-refractivity contribution in [3.8, 4) is 11.1 Å². The summed E-state index contributed by atoms with van der Waals surface area (Å²) in [6, 6.07) is 8.29. The zero-order valence-corrected chi connectivity index (χ0v) is 17.4. The molecule has 0 saturated carbocycles. The fourth-order valence-electron chi connectivity index (χ4n) is 3.33. The lowest BCUT2D eigenvalue weighted by molar-refractivity contribution is -0.275. The molecule has 0 amide bonds. The predicted molar refractivity (Wildman–Crippen MR) is 110 cm³/mol. The fraction of sp³-hybridized carbons (Fsp3) is 0.227. The molecular formula is C22H16F5N3O4. The van der Waals surface area contributed by atoms with Crippen LogP contribution in [0.2, 0.25) is 0 Å². The molecule has 0 bridgehead atoms. The quantitative estimate of drug-likeness (QED) is 0.299. The van der Waals surface area contributed by atoms with Crippen LogP contribution in [-0.4, -0.2) is 21.5 Å². The first-order chi connectivity index (χ1) is 16.0. The van der Waals surface area contributed by atoms with Crippen LogP contribution in [-0.2, 0) is 12.1 Å². The Bertz CT molecular complexity index is 1400. The van der Waals surface area contributed by atoms with Crippen molar-refractivity contribution in [2.24, 2.45) is 0 Å². The van der Waals surface area contributed by atoms with Crippen molar-refractivity contribution in [2.75, 3.05) is 5.32 Å². The van der Waals surface area contributed by atoms with Crippen molar-refractivity contribution in [3.63, 3.8) is 0 Å². The molecule has 2 N–H and O–H groups in total. The van der Waals surface area contributed by atoms with E-state index in [0.717, 1.165) is 19.1 Å². The third-order valence-corrected chi connectivity index (χ3v) is 5.26. The summed E-state index contributed by atoms with van der Waals surface area (Å²) < 4.78 is 77.6. The molecule has 4 aromatic rings. The number of benzene rings is 2. The topological polar surface area (TPSA) is 101 Å². The summed E-state index contributed by atoms with van der Waals surface area (Å²) in [6.45, 7) is 0.785. The van der Waals surface area contributed by atoms with E-state index in [-0.39, 0.29) is 23.1 Å². The Morgan fingerprint density at radius 1 is 1.03 bits per heavy atom. The fourth-order valence-corrected chi connectivity index (χ4v) is 3.33. The number of anilines is 1. The van der Waals surface area contributed by atoms with Gasteiger partial charge >= 0.3 is 17.8 Å². The van der Waals surface area contributed by atoms with Crippen LogP contribution in [0.4, 0.5) is 28.0 Å². The minimum Gasteiger partial charge on any atom is -0.423 e. The second-order valence-electron chi connectivity index (χ2n) is 7.40. The number of alkyl halides is 3. The second-order valence-corrected chi connectivity index (χ2v) is 7.40. The summed E-state index contributed by atoms with van der Waals surface area (Å²) in [4.78, 5) is 12.0. The summed E-state index contributed by atoms with van der Waals surface area (Å²) in [7, 11) is 0. The van der Waals surface area contributed by atoms with Gasteiger partial charge in [-0.15, -0.1) is 5.10 Å². The maximum absolute atomic E-state index is 14.8. The Labute approximate surface area is 187 Å². The number of aliphatic hydroxyl groups is 1. The van der Waals surface area contributed by atoms with E-state index in [4.69, 9.17) is 8.83 Å². The summed E-state index contributed by atoms with van der Waals surface area (Å²) >= 11 is 0. The van der Waals surface area contributed by atoms with Crippen LogP contribution in [0.5, 0.6) is 0 Å². The lowest BCUT2D eigenvalue weighted by Gasteiger charge is -2.25. The predicted octanol–water partition coefficient (Wildman–Crippen LogP) is 4.89. The summed E-state index contributed by atoms with van der Waals surface area (Å²) in [5.41, 5.74) is -3.23. The van der Waals surface area contributed by atoms with E-state index < -0.39 is 47.4 Å². The van der Waals surface area contributed by atoms with Gasteiger partial charge in [-0.25, -0.2) is 13.6 Å². The molecule has 0 saturated heterocycles. The Hall–Kier alpha value is -3.80. The van der Waals surface area contributed by atoms with Gasteiger partial charge in [0.1, 0.15) is 17.2 Å². The SMILES string of the molecule is CC[C@](O)(c1nnc(NCc2cc3oc(=O)cc(-c4ccc(F)cc4)c3cc2F)o1)C(F)(F)F. The molecule has 0 unspecified atom stereocenters. The van der Waals surface area contributed by atoms with Gasteiger partial charge < -0.3 is 19.3 Å². The van der Waals surface area contributed by atoms with E-state index in [2.05, 4.69) is 15.5 Å². The number of aromatic nitrogens is 2. The second kappa shape index (κ2) is 8.52. The van der Waals surface area contributed by atoms with Crippen molar-refractivity contribution < 1.29 is 35.9 Å². The van der Waals surface area contributed by atoms with Crippen LogP contribution in [0, 0.1) is 11.6 Å². The summed E-state index contributed by atoms with van der Waals surface area (Å²) in [5, 5.41) is 19.3. The summed E-state index contributed by atoms with van der Waals surface area (Å²) in [5.74, 6) is -2.26. The summed E-state index contributed by atoms with van der Waals surface area (Å²) in [6.07, 6.45) is -5.80. The molecule has 4 rings (SSSR count). The normalized spacial score (nSPS) is 13.7. The molecule has 0 spiro atoms. The van der Waals surface area contributed by atoms with Crippen molar-refractivity contribution >= 4 is 17.0 Å². The van der Waals surface area contributed by atoms with Gasteiger partial charge in [0.05, 0.1) is 0 Å². The molecule has 0 fully saturated rings. The van der Waals surface area contributed by atoms with Gasteiger partial charge in [-0.3, -0.25) is 0 Å². The van der Waals surface area contributed by atoms with E-state index in [1.807, 2.05) is 0 Å². The van der Waals surface area contributed by atoms with Crippen molar-refractivity contribution in [1.82, 2.24) is 10.2 Å². The highest BCUT2D eigenvalue weighted by molar-refractivity contribution is 5.93. The smallest absolute Gasteiger partial charge is 0.423 e. The number of fused-ring (bicyclic) bond motifs is 1.